The Hall–Kier alpha value is -2.50. The van der Waals surface area contributed by atoms with Crippen LogP contribution >= 0.6 is 0 Å². The van der Waals surface area contributed by atoms with Gasteiger partial charge in [-0.2, -0.15) is 4.98 Å². The molecule has 0 radical (unpaired) electrons. The van der Waals surface area contributed by atoms with Gasteiger partial charge in [0.15, 0.2) is 5.82 Å². The second kappa shape index (κ2) is 4.06. The lowest BCUT2D eigenvalue weighted by Crippen LogP contribution is -2.22. The van der Waals surface area contributed by atoms with Crippen molar-refractivity contribution in [3.05, 3.63) is 36.3 Å². The SMILES string of the molecule is COc1cccc(N2C=Cn3nc(N)nc3C2)c1. The number of aromatic nitrogens is 3. The van der Waals surface area contributed by atoms with Gasteiger partial charge in [-0.3, -0.25) is 0 Å². The molecule has 0 saturated carbocycles. The number of nitrogens with zero attached hydrogens (tertiary/aromatic N) is 4. The lowest BCUT2D eigenvalue weighted by molar-refractivity contribution is 0.415. The van der Waals surface area contributed by atoms with E-state index in [4.69, 9.17) is 10.5 Å². The molecule has 18 heavy (non-hydrogen) atoms. The largest absolute Gasteiger partial charge is 0.497 e. The molecule has 1 aliphatic heterocycles. The molecule has 0 aliphatic carbocycles. The summed E-state index contributed by atoms with van der Waals surface area (Å²) in [7, 11) is 1.66. The van der Waals surface area contributed by atoms with E-state index in [2.05, 4.69) is 15.0 Å². The number of hydrogen-bond acceptors (Lipinski definition) is 5. The summed E-state index contributed by atoms with van der Waals surface area (Å²) in [6.07, 6.45) is 3.78. The molecule has 3 rings (SSSR count). The molecule has 2 heterocycles. The van der Waals surface area contributed by atoms with E-state index in [1.165, 1.54) is 0 Å². The van der Waals surface area contributed by atoms with Gasteiger partial charge in [-0.05, 0) is 12.1 Å². The van der Waals surface area contributed by atoms with E-state index < -0.39 is 0 Å². The average molecular weight is 243 g/mol. The molecule has 0 saturated heterocycles. The van der Waals surface area contributed by atoms with Crippen molar-refractivity contribution in [3.63, 3.8) is 0 Å². The van der Waals surface area contributed by atoms with Crippen molar-refractivity contribution in [3.8, 4) is 5.75 Å². The van der Waals surface area contributed by atoms with E-state index in [0.717, 1.165) is 17.3 Å². The molecule has 0 atom stereocenters. The summed E-state index contributed by atoms with van der Waals surface area (Å²) < 4.78 is 6.90. The fourth-order valence-electron chi connectivity index (χ4n) is 1.92. The first-order chi connectivity index (χ1) is 8.76. The minimum atomic E-state index is 0.294. The molecule has 1 aliphatic rings. The topological polar surface area (TPSA) is 69.2 Å². The molecule has 2 aromatic rings. The molecular weight excluding hydrogens is 230 g/mol. The highest BCUT2D eigenvalue weighted by Gasteiger charge is 2.15. The van der Waals surface area contributed by atoms with Gasteiger partial charge in [0.25, 0.3) is 0 Å². The summed E-state index contributed by atoms with van der Waals surface area (Å²) >= 11 is 0. The van der Waals surface area contributed by atoms with E-state index in [0.29, 0.717) is 12.5 Å². The van der Waals surface area contributed by atoms with Gasteiger partial charge in [0, 0.05) is 24.2 Å². The number of nitrogens with two attached hydrogens (primary N) is 1. The molecule has 0 spiro atoms. The van der Waals surface area contributed by atoms with Crippen LogP contribution in [-0.2, 0) is 6.54 Å². The molecule has 1 aromatic carbocycles. The maximum Gasteiger partial charge on any atom is 0.240 e. The van der Waals surface area contributed by atoms with Gasteiger partial charge in [-0.15, -0.1) is 5.10 Å². The number of anilines is 2. The van der Waals surface area contributed by atoms with Gasteiger partial charge in [-0.25, -0.2) is 4.68 Å². The first-order valence-electron chi connectivity index (χ1n) is 5.56. The summed E-state index contributed by atoms with van der Waals surface area (Å²) in [6.45, 7) is 0.633. The molecule has 6 heteroatoms. The predicted octanol–water partition coefficient (Wildman–Crippen LogP) is 1.32. The second-order valence-electron chi connectivity index (χ2n) is 3.96. The van der Waals surface area contributed by atoms with Gasteiger partial charge in [0.2, 0.25) is 5.95 Å². The molecular formula is C12H13N5O. The normalized spacial score (nSPS) is 13.5. The number of benzene rings is 1. The minimum absolute atomic E-state index is 0.294. The van der Waals surface area contributed by atoms with Gasteiger partial charge >= 0.3 is 0 Å². The molecule has 0 amide bonds. The maximum absolute atomic E-state index is 5.57. The number of nitrogen functional groups attached to an aromatic ring is 1. The smallest absolute Gasteiger partial charge is 0.240 e. The Balaban J connectivity index is 1.91. The molecule has 0 fully saturated rings. The Bertz CT molecular complexity index is 604. The van der Waals surface area contributed by atoms with Crippen molar-refractivity contribution in [2.45, 2.75) is 6.54 Å². The molecule has 92 valence electrons. The Labute approximate surface area is 104 Å². The van der Waals surface area contributed by atoms with Crippen molar-refractivity contribution >= 4 is 17.8 Å². The summed E-state index contributed by atoms with van der Waals surface area (Å²) in [5, 5.41) is 4.06. The van der Waals surface area contributed by atoms with Crippen molar-refractivity contribution in [2.24, 2.45) is 0 Å². The van der Waals surface area contributed by atoms with E-state index >= 15 is 0 Å². The van der Waals surface area contributed by atoms with Crippen molar-refractivity contribution in [1.29, 1.82) is 0 Å². The van der Waals surface area contributed by atoms with Crippen LogP contribution in [0.2, 0.25) is 0 Å². The van der Waals surface area contributed by atoms with Crippen LogP contribution in [0.4, 0.5) is 11.6 Å². The summed E-state index contributed by atoms with van der Waals surface area (Å²) in [4.78, 5) is 6.24. The summed E-state index contributed by atoms with van der Waals surface area (Å²) in [5.74, 6) is 1.94. The monoisotopic (exact) mass is 243 g/mol. The third kappa shape index (κ3) is 1.77. The van der Waals surface area contributed by atoms with Crippen LogP contribution in [0.3, 0.4) is 0 Å². The highest BCUT2D eigenvalue weighted by Crippen LogP contribution is 2.24. The van der Waals surface area contributed by atoms with E-state index in [-0.39, 0.29) is 0 Å². The van der Waals surface area contributed by atoms with Gasteiger partial charge < -0.3 is 15.4 Å². The van der Waals surface area contributed by atoms with Crippen LogP contribution in [0.25, 0.3) is 6.20 Å². The minimum Gasteiger partial charge on any atom is -0.497 e. The van der Waals surface area contributed by atoms with Gasteiger partial charge in [-0.1, -0.05) is 6.07 Å². The van der Waals surface area contributed by atoms with Crippen molar-refractivity contribution in [2.75, 3.05) is 17.7 Å². The Morgan fingerprint density at radius 1 is 1.33 bits per heavy atom. The third-order valence-electron chi connectivity index (χ3n) is 2.80. The maximum atomic E-state index is 5.57. The zero-order valence-electron chi connectivity index (χ0n) is 9.95. The lowest BCUT2D eigenvalue weighted by atomic mass is 10.2. The second-order valence-corrected chi connectivity index (χ2v) is 3.96. The third-order valence-corrected chi connectivity index (χ3v) is 2.80. The predicted molar refractivity (Wildman–Crippen MR) is 68.9 cm³/mol. The molecule has 0 unspecified atom stereocenters. The number of rotatable bonds is 2. The molecule has 1 aromatic heterocycles. The number of fused-ring (bicyclic) bond motifs is 1. The van der Waals surface area contributed by atoms with Crippen LogP contribution < -0.4 is 15.4 Å². The van der Waals surface area contributed by atoms with Crippen LogP contribution in [0, 0.1) is 0 Å². The zero-order valence-corrected chi connectivity index (χ0v) is 9.95. The standard InChI is InChI=1S/C12H13N5O/c1-18-10-4-2-3-9(7-10)16-5-6-17-11(8-16)14-12(13)15-17/h2-7H,8H2,1H3,(H2,13,15). The van der Waals surface area contributed by atoms with Crippen molar-refractivity contribution < 1.29 is 4.74 Å². The molecule has 2 N–H and O–H groups in total. The fraction of sp³-hybridized carbons (Fsp3) is 0.167. The Morgan fingerprint density at radius 3 is 3.06 bits per heavy atom. The van der Waals surface area contributed by atoms with Gasteiger partial charge in [0.1, 0.15) is 5.75 Å². The highest BCUT2D eigenvalue weighted by molar-refractivity contribution is 5.56. The number of ether oxygens (including phenoxy) is 1. The number of methoxy groups -OCH3 is 1. The summed E-state index contributed by atoms with van der Waals surface area (Å²) in [5.41, 5.74) is 6.61. The van der Waals surface area contributed by atoms with Crippen LogP contribution in [-0.4, -0.2) is 21.9 Å². The first kappa shape index (κ1) is 10.6. The fourth-order valence-corrected chi connectivity index (χ4v) is 1.92. The van der Waals surface area contributed by atoms with Crippen LogP contribution in [0.5, 0.6) is 5.75 Å². The lowest BCUT2D eigenvalue weighted by Gasteiger charge is -2.23. The first-order valence-corrected chi connectivity index (χ1v) is 5.56. The molecule has 6 nitrogen and oxygen atoms in total. The van der Waals surface area contributed by atoms with Crippen LogP contribution in [0.1, 0.15) is 5.82 Å². The van der Waals surface area contributed by atoms with E-state index in [1.54, 1.807) is 11.8 Å². The zero-order chi connectivity index (χ0) is 12.5. The quantitative estimate of drug-likeness (QED) is 0.861. The van der Waals surface area contributed by atoms with Crippen molar-refractivity contribution in [1.82, 2.24) is 14.8 Å². The Kier molecular flexibility index (Phi) is 2.40. The van der Waals surface area contributed by atoms with Crippen LogP contribution in [0.15, 0.2) is 30.5 Å². The highest BCUT2D eigenvalue weighted by atomic mass is 16.5. The average Bonchev–Trinajstić information content (AvgIpc) is 2.77. The van der Waals surface area contributed by atoms with Gasteiger partial charge in [0.05, 0.1) is 13.7 Å². The molecule has 0 bridgehead atoms. The Morgan fingerprint density at radius 2 is 2.22 bits per heavy atom. The summed E-state index contributed by atoms with van der Waals surface area (Å²) in [6, 6.07) is 7.86. The van der Waals surface area contributed by atoms with E-state index in [1.807, 2.05) is 36.7 Å². The number of hydrogen-bond donors (Lipinski definition) is 1. The van der Waals surface area contributed by atoms with E-state index in [9.17, 15) is 0 Å².